The van der Waals surface area contributed by atoms with E-state index in [-0.39, 0.29) is 5.97 Å². The zero-order valence-electron chi connectivity index (χ0n) is 10.2. The molecule has 0 saturated heterocycles. The van der Waals surface area contributed by atoms with Gasteiger partial charge < -0.3 is 9.47 Å². The molecule has 0 saturated carbocycles. The highest BCUT2D eigenvalue weighted by atomic mass is 16.6. The lowest BCUT2D eigenvalue weighted by Crippen LogP contribution is -2.24. The summed E-state index contributed by atoms with van der Waals surface area (Å²) < 4.78 is 10.3. The molecule has 0 unspecified atom stereocenters. The molecule has 0 fully saturated rings. The second-order valence-electron chi connectivity index (χ2n) is 4.61. The average molecular weight is 222 g/mol. The van der Waals surface area contributed by atoms with E-state index in [2.05, 4.69) is 0 Å². The predicted octanol–water partition coefficient (Wildman–Crippen LogP) is 2.58. The maximum Gasteiger partial charge on any atom is 0.310 e. The number of benzene rings is 1. The molecular formula is C13H18O3. The molecule has 16 heavy (non-hydrogen) atoms. The van der Waals surface area contributed by atoms with Crippen molar-refractivity contribution < 1.29 is 14.3 Å². The Labute approximate surface area is 96.4 Å². The molecule has 0 heterocycles. The lowest BCUT2D eigenvalue weighted by atomic mass is 10.1. The number of ether oxygens (including phenoxy) is 2. The van der Waals surface area contributed by atoms with E-state index in [0.717, 1.165) is 11.3 Å². The van der Waals surface area contributed by atoms with Crippen molar-refractivity contribution in [3.63, 3.8) is 0 Å². The van der Waals surface area contributed by atoms with E-state index in [1.807, 2.05) is 45.0 Å². The van der Waals surface area contributed by atoms with Crippen LogP contribution in [0.5, 0.6) is 5.75 Å². The monoisotopic (exact) mass is 222 g/mol. The summed E-state index contributed by atoms with van der Waals surface area (Å²) in [7, 11) is 1.61. The van der Waals surface area contributed by atoms with E-state index >= 15 is 0 Å². The van der Waals surface area contributed by atoms with E-state index in [4.69, 9.17) is 9.47 Å². The molecule has 3 nitrogen and oxygen atoms in total. The van der Waals surface area contributed by atoms with Crippen LogP contribution >= 0.6 is 0 Å². The van der Waals surface area contributed by atoms with Gasteiger partial charge in [0.1, 0.15) is 11.4 Å². The molecule has 0 N–H and O–H groups in total. The lowest BCUT2D eigenvalue weighted by Gasteiger charge is -2.19. The van der Waals surface area contributed by atoms with Crippen LogP contribution in [0.1, 0.15) is 26.3 Å². The molecule has 0 aromatic heterocycles. The standard InChI is InChI=1S/C13H18O3/c1-13(2,3)16-12(14)9-10-5-7-11(15-4)8-6-10/h5-8H,9H2,1-4H3. The summed E-state index contributed by atoms with van der Waals surface area (Å²) in [5, 5.41) is 0. The largest absolute Gasteiger partial charge is 0.497 e. The highest BCUT2D eigenvalue weighted by molar-refractivity contribution is 5.73. The highest BCUT2D eigenvalue weighted by Gasteiger charge is 2.16. The Hall–Kier alpha value is -1.51. The van der Waals surface area contributed by atoms with Crippen LogP contribution in [0.15, 0.2) is 24.3 Å². The summed E-state index contributed by atoms with van der Waals surface area (Å²) in [5.74, 6) is 0.575. The van der Waals surface area contributed by atoms with Gasteiger partial charge in [0, 0.05) is 0 Å². The van der Waals surface area contributed by atoms with Crippen LogP contribution in [0.2, 0.25) is 0 Å². The number of esters is 1. The summed E-state index contributed by atoms with van der Waals surface area (Å²) >= 11 is 0. The number of hydrogen-bond acceptors (Lipinski definition) is 3. The molecule has 1 aromatic carbocycles. The van der Waals surface area contributed by atoms with Crippen molar-refractivity contribution in [3.8, 4) is 5.75 Å². The third-order valence-electron chi connectivity index (χ3n) is 1.93. The Morgan fingerprint density at radius 3 is 2.19 bits per heavy atom. The van der Waals surface area contributed by atoms with Crippen LogP contribution < -0.4 is 4.74 Å². The fourth-order valence-electron chi connectivity index (χ4n) is 1.29. The minimum atomic E-state index is -0.427. The van der Waals surface area contributed by atoms with E-state index in [0.29, 0.717) is 6.42 Å². The first-order valence-electron chi connectivity index (χ1n) is 5.25. The van der Waals surface area contributed by atoms with Crippen LogP contribution in [0.25, 0.3) is 0 Å². The summed E-state index contributed by atoms with van der Waals surface area (Å²) in [5.41, 5.74) is 0.499. The summed E-state index contributed by atoms with van der Waals surface area (Å²) in [6.45, 7) is 5.58. The second-order valence-corrected chi connectivity index (χ2v) is 4.61. The van der Waals surface area contributed by atoms with E-state index in [1.54, 1.807) is 7.11 Å². The van der Waals surface area contributed by atoms with Crippen molar-refractivity contribution >= 4 is 5.97 Å². The molecule has 1 aromatic rings. The van der Waals surface area contributed by atoms with Crippen LogP contribution in [-0.2, 0) is 16.0 Å². The minimum Gasteiger partial charge on any atom is -0.497 e. The van der Waals surface area contributed by atoms with Crippen LogP contribution in [0, 0.1) is 0 Å². The van der Waals surface area contributed by atoms with Crippen molar-refractivity contribution in [3.05, 3.63) is 29.8 Å². The van der Waals surface area contributed by atoms with E-state index in [9.17, 15) is 4.79 Å². The maximum atomic E-state index is 11.5. The number of rotatable bonds is 3. The number of carbonyl (C=O) groups excluding carboxylic acids is 1. The molecule has 0 radical (unpaired) electrons. The van der Waals surface area contributed by atoms with Crippen molar-refractivity contribution in [2.75, 3.05) is 7.11 Å². The van der Waals surface area contributed by atoms with Gasteiger partial charge in [-0.05, 0) is 38.5 Å². The quantitative estimate of drug-likeness (QED) is 0.737. The van der Waals surface area contributed by atoms with Crippen LogP contribution in [0.3, 0.4) is 0 Å². The van der Waals surface area contributed by atoms with Crippen molar-refractivity contribution in [1.29, 1.82) is 0 Å². The molecule has 0 aliphatic carbocycles. The van der Waals surface area contributed by atoms with Gasteiger partial charge in [0.15, 0.2) is 0 Å². The van der Waals surface area contributed by atoms with Crippen LogP contribution in [-0.4, -0.2) is 18.7 Å². The predicted molar refractivity (Wildman–Crippen MR) is 62.5 cm³/mol. The number of hydrogen-bond donors (Lipinski definition) is 0. The zero-order valence-corrected chi connectivity index (χ0v) is 10.2. The van der Waals surface area contributed by atoms with Gasteiger partial charge in [-0.25, -0.2) is 0 Å². The van der Waals surface area contributed by atoms with E-state index < -0.39 is 5.60 Å². The first-order chi connectivity index (χ1) is 7.40. The normalized spacial score (nSPS) is 11.0. The second kappa shape index (κ2) is 5.01. The molecule has 0 aliphatic heterocycles. The lowest BCUT2D eigenvalue weighted by molar-refractivity contribution is -0.153. The third kappa shape index (κ3) is 4.34. The van der Waals surface area contributed by atoms with Gasteiger partial charge in [0.2, 0.25) is 0 Å². The molecule has 0 atom stereocenters. The van der Waals surface area contributed by atoms with Gasteiger partial charge in [-0.15, -0.1) is 0 Å². The molecule has 0 amide bonds. The van der Waals surface area contributed by atoms with Gasteiger partial charge in [-0.1, -0.05) is 12.1 Å². The first-order valence-corrected chi connectivity index (χ1v) is 5.25. The Balaban J connectivity index is 2.56. The van der Waals surface area contributed by atoms with Gasteiger partial charge in [-0.3, -0.25) is 4.79 Å². The fraction of sp³-hybridized carbons (Fsp3) is 0.462. The first kappa shape index (κ1) is 12.6. The zero-order chi connectivity index (χ0) is 12.2. The van der Waals surface area contributed by atoms with Crippen molar-refractivity contribution in [2.24, 2.45) is 0 Å². The van der Waals surface area contributed by atoms with Crippen molar-refractivity contribution in [1.82, 2.24) is 0 Å². The van der Waals surface area contributed by atoms with Gasteiger partial charge in [0.05, 0.1) is 13.5 Å². The molecule has 0 spiro atoms. The van der Waals surface area contributed by atoms with E-state index in [1.165, 1.54) is 0 Å². The van der Waals surface area contributed by atoms with Crippen LogP contribution in [0.4, 0.5) is 0 Å². The Morgan fingerprint density at radius 1 is 1.19 bits per heavy atom. The Morgan fingerprint density at radius 2 is 1.75 bits per heavy atom. The molecule has 0 aliphatic rings. The molecule has 88 valence electrons. The minimum absolute atomic E-state index is 0.210. The topological polar surface area (TPSA) is 35.5 Å². The smallest absolute Gasteiger partial charge is 0.310 e. The molecule has 0 bridgehead atoms. The average Bonchev–Trinajstić information content (AvgIpc) is 2.16. The molecular weight excluding hydrogens is 204 g/mol. The summed E-state index contributed by atoms with van der Waals surface area (Å²) in [6, 6.07) is 7.39. The SMILES string of the molecule is COc1ccc(CC(=O)OC(C)(C)C)cc1. The fourth-order valence-corrected chi connectivity index (χ4v) is 1.29. The Kier molecular flexibility index (Phi) is 3.93. The highest BCUT2D eigenvalue weighted by Crippen LogP contribution is 2.14. The Bertz CT molecular complexity index is 346. The summed E-state index contributed by atoms with van der Waals surface area (Å²) in [6.07, 6.45) is 0.293. The van der Waals surface area contributed by atoms with Crippen molar-refractivity contribution in [2.45, 2.75) is 32.8 Å². The summed E-state index contributed by atoms with van der Waals surface area (Å²) in [4.78, 5) is 11.5. The molecule has 1 rings (SSSR count). The molecule has 3 heteroatoms. The number of methoxy groups -OCH3 is 1. The third-order valence-corrected chi connectivity index (χ3v) is 1.93. The van der Waals surface area contributed by atoms with Gasteiger partial charge in [0.25, 0.3) is 0 Å². The van der Waals surface area contributed by atoms with Gasteiger partial charge in [-0.2, -0.15) is 0 Å². The maximum absolute atomic E-state index is 11.5. The van der Waals surface area contributed by atoms with Gasteiger partial charge >= 0.3 is 5.97 Å². The number of carbonyl (C=O) groups is 1.